The Morgan fingerprint density at radius 2 is 1.84 bits per heavy atom. The van der Waals surface area contributed by atoms with Gasteiger partial charge in [-0.3, -0.25) is 9.69 Å². The summed E-state index contributed by atoms with van der Waals surface area (Å²) in [6.45, 7) is 2.82. The lowest BCUT2D eigenvalue weighted by Gasteiger charge is -2.57. The maximum Gasteiger partial charge on any atom is 0.303 e. The Labute approximate surface area is 187 Å². The first kappa shape index (κ1) is 21.0. The van der Waals surface area contributed by atoms with Gasteiger partial charge < -0.3 is 9.84 Å². The smallest absolute Gasteiger partial charge is 0.303 e. The van der Waals surface area contributed by atoms with E-state index < -0.39 is 12.1 Å². The molecule has 5 rings (SSSR count). The largest absolute Gasteiger partial charge is 0.496 e. The van der Waals surface area contributed by atoms with Crippen molar-refractivity contribution < 1.29 is 19.0 Å². The molecule has 5 heteroatoms. The molecule has 0 unspecified atom stereocenters. The fourth-order valence-electron chi connectivity index (χ4n) is 5.54. The Bertz CT molecular complexity index is 1160. The fourth-order valence-corrected chi connectivity index (χ4v) is 5.54. The standard InChI is InChI=1S/C27H28FNO3/c1-32-25-12-18(15-29-16-27(17-29)13-20(28)14-27)8-10-24(25)23-7-3-5-21-19(9-11-26(30)31)4-2-6-22(21)23/h2-8,10,12,20H,9,11,13-17H2,1H3,(H,30,31). The Morgan fingerprint density at radius 3 is 2.56 bits per heavy atom. The van der Waals surface area contributed by atoms with Crippen molar-refractivity contribution in [2.24, 2.45) is 5.41 Å². The highest BCUT2D eigenvalue weighted by Crippen LogP contribution is 2.50. The molecule has 0 amide bonds. The van der Waals surface area contributed by atoms with Crippen LogP contribution in [-0.2, 0) is 17.8 Å². The second-order valence-electron chi connectivity index (χ2n) is 9.40. The summed E-state index contributed by atoms with van der Waals surface area (Å²) in [5, 5.41) is 11.3. The summed E-state index contributed by atoms with van der Waals surface area (Å²) in [5.41, 5.74) is 4.58. The molecule has 1 aliphatic carbocycles. The molecular formula is C27H28FNO3. The van der Waals surface area contributed by atoms with Gasteiger partial charge in [0.2, 0.25) is 0 Å². The van der Waals surface area contributed by atoms with Crippen LogP contribution in [-0.4, -0.2) is 42.3 Å². The molecule has 1 spiro atoms. The number of likely N-dealkylation sites (tertiary alicyclic amines) is 1. The van der Waals surface area contributed by atoms with E-state index >= 15 is 0 Å². The topological polar surface area (TPSA) is 49.8 Å². The fraction of sp³-hybridized carbons (Fsp3) is 0.370. The summed E-state index contributed by atoms with van der Waals surface area (Å²) >= 11 is 0. The zero-order valence-corrected chi connectivity index (χ0v) is 18.3. The monoisotopic (exact) mass is 433 g/mol. The molecule has 1 aliphatic heterocycles. The Kier molecular flexibility index (Phi) is 5.38. The first-order valence-corrected chi connectivity index (χ1v) is 11.2. The molecule has 2 fully saturated rings. The summed E-state index contributed by atoms with van der Waals surface area (Å²) in [4.78, 5) is 13.4. The van der Waals surface area contributed by atoms with E-state index in [0.717, 1.165) is 65.7 Å². The maximum atomic E-state index is 13.2. The molecule has 166 valence electrons. The lowest BCUT2D eigenvalue weighted by molar-refractivity contribution is -0.136. The van der Waals surface area contributed by atoms with Crippen LogP contribution in [0.3, 0.4) is 0 Å². The van der Waals surface area contributed by atoms with Crippen LogP contribution in [0.5, 0.6) is 5.75 Å². The van der Waals surface area contributed by atoms with Gasteiger partial charge >= 0.3 is 5.97 Å². The number of aryl methyl sites for hydroxylation is 1. The third-order valence-corrected chi connectivity index (χ3v) is 7.01. The molecule has 32 heavy (non-hydrogen) atoms. The summed E-state index contributed by atoms with van der Waals surface area (Å²) < 4.78 is 19.0. The molecule has 0 radical (unpaired) electrons. The van der Waals surface area contributed by atoms with Gasteiger partial charge in [0.1, 0.15) is 11.9 Å². The number of fused-ring (bicyclic) bond motifs is 1. The number of carboxylic acid groups (broad SMARTS) is 1. The van der Waals surface area contributed by atoms with Gasteiger partial charge in [-0.2, -0.15) is 0 Å². The summed E-state index contributed by atoms with van der Waals surface area (Å²) in [6, 6.07) is 18.6. The van der Waals surface area contributed by atoms with E-state index in [1.807, 2.05) is 18.2 Å². The van der Waals surface area contributed by atoms with Crippen molar-refractivity contribution in [3.63, 3.8) is 0 Å². The van der Waals surface area contributed by atoms with Gasteiger partial charge in [-0.05, 0) is 52.8 Å². The van der Waals surface area contributed by atoms with Gasteiger partial charge in [-0.15, -0.1) is 0 Å². The number of halogens is 1. The van der Waals surface area contributed by atoms with E-state index in [1.54, 1.807) is 7.11 Å². The maximum absolute atomic E-state index is 13.2. The average Bonchev–Trinajstić information content (AvgIpc) is 2.74. The van der Waals surface area contributed by atoms with E-state index in [0.29, 0.717) is 6.42 Å². The zero-order chi connectivity index (χ0) is 22.3. The first-order chi connectivity index (χ1) is 15.5. The second-order valence-corrected chi connectivity index (χ2v) is 9.40. The lowest BCUT2D eigenvalue weighted by atomic mass is 9.62. The Morgan fingerprint density at radius 1 is 1.09 bits per heavy atom. The Hall–Kier alpha value is -2.92. The number of carboxylic acids is 1. The molecule has 4 nitrogen and oxygen atoms in total. The zero-order valence-electron chi connectivity index (χ0n) is 18.3. The minimum Gasteiger partial charge on any atom is -0.496 e. The van der Waals surface area contributed by atoms with Gasteiger partial charge in [0.25, 0.3) is 0 Å². The highest BCUT2D eigenvalue weighted by Gasteiger charge is 2.52. The third kappa shape index (κ3) is 3.86. The number of benzene rings is 3. The number of nitrogens with zero attached hydrogens (tertiary/aromatic N) is 1. The number of alkyl halides is 1. The van der Waals surface area contributed by atoms with Gasteiger partial charge in [0, 0.05) is 37.0 Å². The number of aliphatic carboxylic acids is 1. The number of carbonyl (C=O) groups is 1. The number of rotatable bonds is 7. The molecular weight excluding hydrogens is 405 g/mol. The molecule has 3 aromatic carbocycles. The van der Waals surface area contributed by atoms with Crippen LogP contribution >= 0.6 is 0 Å². The quantitative estimate of drug-likeness (QED) is 0.537. The summed E-state index contributed by atoms with van der Waals surface area (Å²) in [6.07, 6.45) is 1.47. The van der Waals surface area contributed by atoms with Crippen LogP contribution in [0.2, 0.25) is 0 Å². The minimum atomic E-state index is -0.787. The van der Waals surface area contributed by atoms with Gasteiger partial charge in [0.15, 0.2) is 0 Å². The molecule has 0 bridgehead atoms. The minimum absolute atomic E-state index is 0.116. The number of hydrogen-bond donors (Lipinski definition) is 1. The molecule has 3 aromatic rings. The van der Waals surface area contributed by atoms with Crippen LogP contribution in [0.4, 0.5) is 4.39 Å². The number of hydrogen-bond acceptors (Lipinski definition) is 3. The summed E-state index contributed by atoms with van der Waals surface area (Å²) in [7, 11) is 1.69. The van der Waals surface area contributed by atoms with Gasteiger partial charge in [-0.1, -0.05) is 48.5 Å². The average molecular weight is 434 g/mol. The van der Waals surface area contributed by atoms with Crippen molar-refractivity contribution in [1.82, 2.24) is 4.90 Å². The SMILES string of the molecule is COc1cc(CN2CC3(CC(F)C3)C2)ccc1-c1cccc2c(CCC(=O)O)cccc12. The van der Waals surface area contributed by atoms with E-state index in [2.05, 4.69) is 41.3 Å². The summed E-state index contributed by atoms with van der Waals surface area (Å²) in [5.74, 6) is 0.0407. The third-order valence-electron chi connectivity index (χ3n) is 7.01. The van der Waals surface area contributed by atoms with Crippen molar-refractivity contribution in [2.45, 2.75) is 38.4 Å². The molecule has 1 heterocycles. The van der Waals surface area contributed by atoms with E-state index in [4.69, 9.17) is 9.84 Å². The van der Waals surface area contributed by atoms with E-state index in [9.17, 15) is 9.18 Å². The van der Waals surface area contributed by atoms with Crippen molar-refractivity contribution in [3.05, 3.63) is 65.7 Å². The predicted molar refractivity (Wildman–Crippen MR) is 124 cm³/mol. The van der Waals surface area contributed by atoms with Crippen LogP contribution < -0.4 is 4.74 Å². The molecule has 2 aliphatic rings. The highest BCUT2D eigenvalue weighted by atomic mass is 19.1. The lowest BCUT2D eigenvalue weighted by Crippen LogP contribution is -2.62. The molecule has 0 aromatic heterocycles. The molecule has 0 atom stereocenters. The van der Waals surface area contributed by atoms with Crippen molar-refractivity contribution in [3.8, 4) is 16.9 Å². The van der Waals surface area contributed by atoms with Crippen molar-refractivity contribution in [1.29, 1.82) is 0 Å². The van der Waals surface area contributed by atoms with Gasteiger partial charge in [-0.25, -0.2) is 4.39 Å². The predicted octanol–water partition coefficient (Wildman–Crippen LogP) is 5.47. The molecule has 1 saturated heterocycles. The number of methoxy groups -OCH3 is 1. The second kappa shape index (κ2) is 8.21. The molecule has 1 N–H and O–H groups in total. The number of ether oxygens (including phenoxy) is 1. The van der Waals surface area contributed by atoms with Crippen LogP contribution in [0, 0.1) is 5.41 Å². The van der Waals surface area contributed by atoms with Crippen LogP contribution in [0.15, 0.2) is 54.6 Å². The van der Waals surface area contributed by atoms with Crippen LogP contribution in [0.25, 0.3) is 21.9 Å². The van der Waals surface area contributed by atoms with Gasteiger partial charge in [0.05, 0.1) is 7.11 Å². The normalized spacial score (nSPS) is 17.8. The van der Waals surface area contributed by atoms with E-state index in [-0.39, 0.29) is 11.8 Å². The Balaban J connectivity index is 1.41. The molecule has 1 saturated carbocycles. The first-order valence-electron chi connectivity index (χ1n) is 11.2. The van der Waals surface area contributed by atoms with Crippen LogP contribution in [0.1, 0.15) is 30.4 Å². The van der Waals surface area contributed by atoms with E-state index in [1.165, 1.54) is 5.56 Å². The van der Waals surface area contributed by atoms with Crippen molar-refractivity contribution in [2.75, 3.05) is 20.2 Å². The van der Waals surface area contributed by atoms with Crippen molar-refractivity contribution >= 4 is 16.7 Å². The highest BCUT2D eigenvalue weighted by molar-refractivity contribution is 5.99.